The Labute approximate surface area is 154 Å². The molecule has 1 aliphatic carbocycles. The first-order valence-electron chi connectivity index (χ1n) is 8.72. The van der Waals surface area contributed by atoms with Crippen LogP contribution in [0.2, 0.25) is 0 Å². The normalized spacial score (nSPS) is 14.4. The number of ether oxygens (including phenoxy) is 1. The van der Waals surface area contributed by atoms with E-state index in [-0.39, 0.29) is 11.8 Å². The number of hydrogen-bond donors (Lipinski definition) is 1. The van der Waals surface area contributed by atoms with E-state index in [0.29, 0.717) is 30.8 Å². The van der Waals surface area contributed by atoms with E-state index in [4.69, 9.17) is 4.74 Å². The summed E-state index contributed by atoms with van der Waals surface area (Å²) in [6, 6.07) is 15.4. The highest BCUT2D eigenvalue weighted by atomic mass is 16.5. The second kappa shape index (κ2) is 7.20. The molecule has 136 valence electrons. The lowest BCUT2D eigenvalue weighted by Crippen LogP contribution is -2.40. The van der Waals surface area contributed by atoms with Gasteiger partial charge in [0, 0.05) is 13.6 Å². The van der Waals surface area contributed by atoms with Crippen molar-refractivity contribution in [2.75, 3.05) is 19.5 Å². The van der Waals surface area contributed by atoms with Crippen LogP contribution in [0.25, 0.3) is 0 Å². The Kier molecular flexibility index (Phi) is 4.98. The molecule has 0 saturated heterocycles. The molecular formula is C21H24N2O3. The van der Waals surface area contributed by atoms with Gasteiger partial charge in [0.2, 0.25) is 11.8 Å². The Bertz CT molecular complexity index is 813. The molecule has 0 bridgehead atoms. The second-order valence-electron chi connectivity index (χ2n) is 6.89. The minimum atomic E-state index is -0.960. The van der Waals surface area contributed by atoms with E-state index in [2.05, 4.69) is 5.32 Å². The van der Waals surface area contributed by atoms with Gasteiger partial charge in [-0.15, -0.1) is 0 Å². The maximum absolute atomic E-state index is 12.9. The first-order chi connectivity index (χ1) is 12.5. The van der Waals surface area contributed by atoms with Crippen molar-refractivity contribution in [1.82, 2.24) is 4.90 Å². The molecule has 0 aromatic heterocycles. The molecule has 0 spiro atoms. The summed E-state index contributed by atoms with van der Waals surface area (Å²) in [6.07, 6.45) is 1.15. The molecule has 0 unspecified atom stereocenters. The fraction of sp³-hybridized carbons (Fsp3) is 0.333. The Morgan fingerprint density at radius 2 is 1.85 bits per heavy atom. The highest BCUT2D eigenvalue weighted by Gasteiger charge is 2.57. The molecule has 1 aliphatic rings. The Hall–Kier alpha value is -2.82. The van der Waals surface area contributed by atoms with Gasteiger partial charge in [0.15, 0.2) is 0 Å². The largest absolute Gasteiger partial charge is 0.495 e. The van der Waals surface area contributed by atoms with E-state index >= 15 is 0 Å². The van der Waals surface area contributed by atoms with Crippen LogP contribution in [0.3, 0.4) is 0 Å². The van der Waals surface area contributed by atoms with Crippen LogP contribution in [0.1, 0.15) is 24.0 Å². The molecule has 26 heavy (non-hydrogen) atoms. The summed E-state index contributed by atoms with van der Waals surface area (Å²) in [4.78, 5) is 27.4. The van der Waals surface area contributed by atoms with Crippen molar-refractivity contribution in [3.05, 3.63) is 59.7 Å². The van der Waals surface area contributed by atoms with Crippen LogP contribution < -0.4 is 10.1 Å². The van der Waals surface area contributed by atoms with Crippen molar-refractivity contribution in [3.8, 4) is 5.75 Å². The zero-order valence-corrected chi connectivity index (χ0v) is 15.4. The minimum absolute atomic E-state index is 0.134. The van der Waals surface area contributed by atoms with Crippen LogP contribution >= 0.6 is 0 Å². The van der Waals surface area contributed by atoms with E-state index in [9.17, 15) is 9.59 Å². The number of nitrogens with one attached hydrogen (secondary N) is 1. The second-order valence-corrected chi connectivity index (χ2v) is 6.89. The Balaban J connectivity index is 1.72. The van der Waals surface area contributed by atoms with Gasteiger partial charge in [-0.05, 0) is 43.0 Å². The molecule has 3 rings (SSSR count). The molecule has 2 aromatic carbocycles. The number of carbonyl (C=O) groups is 2. The molecule has 5 heteroatoms. The quantitative estimate of drug-likeness (QED) is 0.811. The maximum Gasteiger partial charge on any atom is 0.240 e. The highest BCUT2D eigenvalue weighted by molar-refractivity contribution is 6.13. The van der Waals surface area contributed by atoms with Crippen molar-refractivity contribution >= 4 is 17.5 Å². The van der Waals surface area contributed by atoms with Crippen molar-refractivity contribution in [1.29, 1.82) is 0 Å². The fourth-order valence-corrected chi connectivity index (χ4v) is 3.12. The zero-order valence-electron chi connectivity index (χ0n) is 15.4. The Morgan fingerprint density at radius 3 is 2.46 bits per heavy atom. The molecule has 1 fully saturated rings. The molecular weight excluding hydrogens is 328 g/mol. The summed E-state index contributed by atoms with van der Waals surface area (Å²) >= 11 is 0. The van der Waals surface area contributed by atoms with Crippen LogP contribution in [-0.4, -0.2) is 30.9 Å². The summed E-state index contributed by atoms with van der Waals surface area (Å²) in [5.74, 6) is 0.196. The summed E-state index contributed by atoms with van der Waals surface area (Å²) in [5, 5.41) is 2.89. The van der Waals surface area contributed by atoms with Crippen LogP contribution in [0, 0.1) is 12.3 Å². The van der Waals surface area contributed by atoms with Crippen molar-refractivity contribution in [2.45, 2.75) is 26.3 Å². The van der Waals surface area contributed by atoms with E-state index in [1.54, 1.807) is 19.1 Å². The van der Waals surface area contributed by atoms with Gasteiger partial charge in [0.1, 0.15) is 11.2 Å². The lowest BCUT2D eigenvalue weighted by molar-refractivity contribution is -0.141. The van der Waals surface area contributed by atoms with Crippen molar-refractivity contribution in [3.63, 3.8) is 0 Å². The van der Waals surface area contributed by atoms with Crippen LogP contribution in [0.15, 0.2) is 48.5 Å². The smallest absolute Gasteiger partial charge is 0.240 e. The summed E-state index contributed by atoms with van der Waals surface area (Å²) < 4.78 is 5.31. The molecule has 0 aliphatic heterocycles. The molecule has 0 atom stereocenters. The predicted octanol–water partition coefficient (Wildman–Crippen LogP) is 3.38. The van der Waals surface area contributed by atoms with Crippen molar-refractivity contribution < 1.29 is 14.3 Å². The predicted molar refractivity (Wildman–Crippen MR) is 101 cm³/mol. The maximum atomic E-state index is 12.9. The third-order valence-corrected chi connectivity index (χ3v) is 4.81. The third-order valence-electron chi connectivity index (χ3n) is 4.81. The summed E-state index contributed by atoms with van der Waals surface area (Å²) in [5.41, 5.74) is 1.69. The number of methoxy groups -OCH3 is 1. The number of nitrogens with zero attached hydrogens (tertiary/aromatic N) is 1. The van der Waals surface area contributed by atoms with Gasteiger partial charge in [0.05, 0.1) is 12.8 Å². The van der Waals surface area contributed by atoms with Gasteiger partial charge in [-0.3, -0.25) is 9.59 Å². The lowest BCUT2D eigenvalue weighted by Gasteiger charge is -2.23. The van der Waals surface area contributed by atoms with Gasteiger partial charge in [-0.2, -0.15) is 0 Å². The standard InChI is InChI=1S/C21H24N2O3/c1-15-9-10-18(26-3)17(13-15)22-19(24)21(11-12-21)20(25)23(2)14-16-7-5-4-6-8-16/h4-10,13H,11-12,14H2,1-3H3,(H,22,24). The number of aryl methyl sites for hydroxylation is 1. The van der Waals surface area contributed by atoms with Gasteiger partial charge < -0.3 is 15.0 Å². The molecule has 0 heterocycles. The number of benzene rings is 2. The molecule has 1 N–H and O–H groups in total. The highest BCUT2D eigenvalue weighted by Crippen LogP contribution is 2.48. The summed E-state index contributed by atoms with van der Waals surface area (Å²) in [6.45, 7) is 2.43. The third kappa shape index (κ3) is 3.57. The van der Waals surface area contributed by atoms with E-state index in [1.165, 1.54) is 0 Å². The van der Waals surface area contributed by atoms with Crippen molar-refractivity contribution in [2.24, 2.45) is 5.41 Å². The molecule has 5 nitrogen and oxygen atoms in total. The number of amides is 2. The number of anilines is 1. The van der Waals surface area contributed by atoms with Gasteiger partial charge in [-0.1, -0.05) is 36.4 Å². The first kappa shape index (κ1) is 18.0. The van der Waals surface area contributed by atoms with E-state index in [1.807, 2.05) is 55.5 Å². The van der Waals surface area contributed by atoms with Crippen LogP contribution in [-0.2, 0) is 16.1 Å². The lowest BCUT2D eigenvalue weighted by atomic mass is 10.0. The SMILES string of the molecule is COc1ccc(C)cc1NC(=O)C1(C(=O)N(C)Cc2ccccc2)CC1. The minimum Gasteiger partial charge on any atom is -0.495 e. The number of hydrogen-bond acceptors (Lipinski definition) is 3. The molecule has 2 aromatic rings. The van der Waals surface area contributed by atoms with E-state index < -0.39 is 5.41 Å². The molecule has 1 saturated carbocycles. The Morgan fingerprint density at radius 1 is 1.15 bits per heavy atom. The van der Waals surface area contributed by atoms with Crippen LogP contribution in [0.4, 0.5) is 5.69 Å². The molecule has 2 amide bonds. The average molecular weight is 352 g/mol. The summed E-state index contributed by atoms with van der Waals surface area (Å²) in [7, 11) is 3.31. The topological polar surface area (TPSA) is 58.6 Å². The van der Waals surface area contributed by atoms with Gasteiger partial charge in [-0.25, -0.2) is 0 Å². The average Bonchev–Trinajstić information content (AvgIpc) is 3.44. The fourth-order valence-electron chi connectivity index (χ4n) is 3.12. The zero-order chi connectivity index (χ0) is 18.7. The number of carbonyl (C=O) groups excluding carboxylic acids is 2. The monoisotopic (exact) mass is 352 g/mol. The van der Waals surface area contributed by atoms with Gasteiger partial charge in [0.25, 0.3) is 0 Å². The molecule has 0 radical (unpaired) electrons. The van der Waals surface area contributed by atoms with Gasteiger partial charge >= 0.3 is 0 Å². The first-order valence-corrected chi connectivity index (χ1v) is 8.72. The van der Waals surface area contributed by atoms with E-state index in [0.717, 1.165) is 11.1 Å². The number of rotatable bonds is 6. The van der Waals surface area contributed by atoms with Crippen LogP contribution in [0.5, 0.6) is 5.75 Å².